The lowest BCUT2D eigenvalue weighted by molar-refractivity contribution is 0.275. The second-order valence-corrected chi connectivity index (χ2v) is 12.1. The highest BCUT2D eigenvalue weighted by atomic mass is 35.5. The molecule has 3 heterocycles. The number of benzene rings is 2. The molecule has 1 fully saturated rings. The highest BCUT2D eigenvalue weighted by Gasteiger charge is 2.31. The molecule has 0 aliphatic carbocycles. The van der Waals surface area contributed by atoms with Crippen molar-refractivity contribution < 1.29 is 8.42 Å². The number of sulfonamides is 1. The zero-order valence-corrected chi connectivity index (χ0v) is 22.5. The molecule has 1 aliphatic rings. The average molecular weight is 565 g/mol. The van der Waals surface area contributed by atoms with Crippen LogP contribution >= 0.6 is 34.8 Å². The van der Waals surface area contributed by atoms with Gasteiger partial charge in [-0.2, -0.15) is 13.9 Å². The van der Waals surface area contributed by atoms with Gasteiger partial charge < -0.3 is 5.32 Å². The molecular weight excluding hydrogens is 541 g/mol. The molecule has 4 aromatic rings. The summed E-state index contributed by atoms with van der Waals surface area (Å²) >= 11 is 18.6. The zero-order chi connectivity index (χ0) is 25.4. The average Bonchev–Trinajstić information content (AvgIpc) is 3.23. The third kappa shape index (κ3) is 5.06. The number of halogens is 3. The molecule has 1 N–H and O–H groups in total. The lowest BCUT2D eigenvalue weighted by atomic mass is 10.00. The van der Waals surface area contributed by atoms with Crippen LogP contribution in [0.15, 0.2) is 59.6 Å². The summed E-state index contributed by atoms with van der Waals surface area (Å²) in [6.07, 6.45) is 3.44. The third-order valence-corrected chi connectivity index (χ3v) is 8.93. The Hall–Kier alpha value is -2.36. The van der Waals surface area contributed by atoms with Gasteiger partial charge >= 0.3 is 0 Å². The van der Waals surface area contributed by atoms with Crippen molar-refractivity contribution in [3.8, 4) is 11.3 Å². The molecule has 0 spiro atoms. The van der Waals surface area contributed by atoms with Crippen molar-refractivity contribution in [1.29, 1.82) is 0 Å². The summed E-state index contributed by atoms with van der Waals surface area (Å²) in [4.78, 5) is 4.89. The van der Waals surface area contributed by atoms with Crippen LogP contribution in [0, 0.1) is 12.8 Å². The van der Waals surface area contributed by atoms with Crippen LogP contribution in [-0.2, 0) is 10.0 Å². The molecule has 2 aromatic heterocycles. The van der Waals surface area contributed by atoms with Gasteiger partial charge in [-0.1, -0.05) is 53.0 Å². The number of piperidine rings is 1. The molecule has 188 valence electrons. The van der Waals surface area contributed by atoms with Gasteiger partial charge in [0.25, 0.3) is 0 Å². The van der Waals surface area contributed by atoms with E-state index in [9.17, 15) is 8.42 Å². The molecule has 1 unspecified atom stereocenters. The first-order chi connectivity index (χ1) is 17.2. The third-order valence-electron chi connectivity index (χ3n) is 6.33. The van der Waals surface area contributed by atoms with Gasteiger partial charge in [-0.3, -0.25) is 0 Å². The van der Waals surface area contributed by atoms with Crippen LogP contribution in [0.25, 0.3) is 16.9 Å². The minimum absolute atomic E-state index is 0.104. The fraction of sp³-hybridized carbons (Fsp3) is 0.280. The Bertz CT molecular complexity index is 1520. The van der Waals surface area contributed by atoms with Gasteiger partial charge in [-0.25, -0.2) is 13.4 Å². The molecule has 0 saturated carbocycles. The number of fused-ring (bicyclic) bond motifs is 1. The number of aryl methyl sites for hydroxylation is 1. The Labute approximate surface area is 225 Å². The van der Waals surface area contributed by atoms with Crippen LogP contribution in [-0.4, -0.2) is 47.0 Å². The summed E-state index contributed by atoms with van der Waals surface area (Å²) in [7, 11) is -3.71. The second kappa shape index (κ2) is 10.2. The highest BCUT2D eigenvalue weighted by Crippen LogP contribution is 2.31. The maximum Gasteiger partial charge on any atom is 0.243 e. The van der Waals surface area contributed by atoms with Crippen LogP contribution in [0.2, 0.25) is 15.1 Å². The van der Waals surface area contributed by atoms with E-state index < -0.39 is 10.0 Å². The predicted octanol–water partition coefficient (Wildman–Crippen LogP) is 6.18. The molecule has 36 heavy (non-hydrogen) atoms. The Morgan fingerprint density at radius 3 is 2.58 bits per heavy atom. The van der Waals surface area contributed by atoms with Gasteiger partial charge in [-0.05, 0) is 49.9 Å². The van der Waals surface area contributed by atoms with Crippen LogP contribution in [0.5, 0.6) is 0 Å². The molecule has 0 bridgehead atoms. The first-order valence-electron chi connectivity index (χ1n) is 11.5. The van der Waals surface area contributed by atoms with Gasteiger partial charge in [0, 0.05) is 51.9 Å². The summed E-state index contributed by atoms with van der Waals surface area (Å²) in [5.74, 6) is 0.872. The monoisotopic (exact) mass is 563 g/mol. The molecule has 7 nitrogen and oxygen atoms in total. The van der Waals surface area contributed by atoms with Crippen LogP contribution in [0.4, 0.5) is 5.82 Å². The van der Waals surface area contributed by atoms with Gasteiger partial charge in [-0.15, -0.1) is 0 Å². The van der Waals surface area contributed by atoms with E-state index in [-0.39, 0.29) is 10.8 Å². The van der Waals surface area contributed by atoms with E-state index in [4.69, 9.17) is 39.8 Å². The largest absolute Gasteiger partial charge is 0.370 e. The summed E-state index contributed by atoms with van der Waals surface area (Å²) in [6, 6.07) is 13.9. The molecule has 5 rings (SSSR count). The highest BCUT2D eigenvalue weighted by molar-refractivity contribution is 7.89. The van der Waals surface area contributed by atoms with E-state index >= 15 is 0 Å². The Balaban J connectivity index is 1.38. The number of anilines is 1. The molecule has 11 heteroatoms. The summed E-state index contributed by atoms with van der Waals surface area (Å²) in [5.41, 5.74) is 3.26. The number of nitrogens with zero attached hydrogens (tertiary/aromatic N) is 4. The Morgan fingerprint density at radius 1 is 1.08 bits per heavy atom. The summed E-state index contributed by atoms with van der Waals surface area (Å²) in [5, 5.41) is 9.16. The summed E-state index contributed by atoms with van der Waals surface area (Å²) < 4.78 is 29.8. The van der Waals surface area contributed by atoms with Crippen molar-refractivity contribution in [3.05, 3.63) is 75.4 Å². The van der Waals surface area contributed by atoms with Crippen molar-refractivity contribution in [2.45, 2.75) is 24.7 Å². The first-order valence-corrected chi connectivity index (χ1v) is 14.1. The normalized spacial score (nSPS) is 16.9. The van der Waals surface area contributed by atoms with Crippen molar-refractivity contribution in [2.24, 2.45) is 5.92 Å². The van der Waals surface area contributed by atoms with E-state index in [1.807, 2.05) is 37.3 Å². The molecule has 1 saturated heterocycles. The first kappa shape index (κ1) is 25.3. The molecule has 0 amide bonds. The Kier molecular flexibility index (Phi) is 7.16. The topological polar surface area (TPSA) is 79.6 Å². The van der Waals surface area contributed by atoms with Crippen LogP contribution < -0.4 is 5.32 Å². The lowest BCUT2D eigenvalue weighted by Gasteiger charge is -2.32. The van der Waals surface area contributed by atoms with Gasteiger partial charge in [0.1, 0.15) is 5.82 Å². The molecule has 1 atom stereocenters. The molecular formula is C25H24Cl3N5O2S. The minimum Gasteiger partial charge on any atom is -0.370 e. The molecule has 1 aliphatic heterocycles. The Morgan fingerprint density at radius 2 is 1.83 bits per heavy atom. The predicted molar refractivity (Wildman–Crippen MR) is 145 cm³/mol. The van der Waals surface area contributed by atoms with Gasteiger partial charge in [0.05, 0.1) is 16.8 Å². The number of hydrogen-bond donors (Lipinski definition) is 1. The fourth-order valence-electron chi connectivity index (χ4n) is 4.49. The van der Waals surface area contributed by atoms with E-state index in [0.717, 1.165) is 41.1 Å². The number of nitrogens with one attached hydrogen (secondary N) is 1. The maximum atomic E-state index is 13.3. The van der Waals surface area contributed by atoms with E-state index in [1.54, 1.807) is 10.7 Å². The van der Waals surface area contributed by atoms with Gasteiger partial charge in [0.2, 0.25) is 10.0 Å². The fourth-order valence-corrected chi connectivity index (χ4v) is 7.01. The van der Waals surface area contributed by atoms with Crippen molar-refractivity contribution in [1.82, 2.24) is 18.9 Å². The van der Waals surface area contributed by atoms with Crippen molar-refractivity contribution >= 4 is 56.3 Å². The van der Waals surface area contributed by atoms with E-state index in [2.05, 4.69) is 10.4 Å². The second-order valence-electron chi connectivity index (χ2n) is 8.93. The SMILES string of the molecule is Cc1cnn2c(NCC3CCCN(S(=O)(=O)c4cc(Cl)cc(Cl)c4)C3)cc(-c3ccccc3Cl)nc12. The van der Waals surface area contributed by atoms with Crippen molar-refractivity contribution in [3.63, 3.8) is 0 Å². The summed E-state index contributed by atoms with van der Waals surface area (Å²) in [6.45, 7) is 3.38. The van der Waals surface area contributed by atoms with E-state index in [1.165, 1.54) is 22.5 Å². The number of rotatable bonds is 6. The smallest absolute Gasteiger partial charge is 0.243 e. The van der Waals surface area contributed by atoms with Crippen molar-refractivity contribution in [2.75, 3.05) is 25.0 Å². The lowest BCUT2D eigenvalue weighted by Crippen LogP contribution is -2.41. The number of hydrogen-bond acceptors (Lipinski definition) is 5. The molecule has 0 radical (unpaired) electrons. The standard InChI is InChI=1S/C25H24Cl3N5O2S/c1-16-13-30-33-24(12-23(31-25(16)33)21-6-2-3-7-22(21)28)29-14-17-5-4-8-32(15-17)36(34,35)20-10-18(26)9-19(27)11-20/h2-3,6-7,9-13,17,29H,4-5,8,14-15H2,1H3. The number of aromatic nitrogens is 3. The quantitative estimate of drug-likeness (QED) is 0.303. The van der Waals surface area contributed by atoms with Crippen LogP contribution in [0.3, 0.4) is 0 Å². The zero-order valence-electron chi connectivity index (χ0n) is 19.5. The minimum atomic E-state index is -3.71. The maximum absolute atomic E-state index is 13.3. The van der Waals surface area contributed by atoms with Gasteiger partial charge in [0.15, 0.2) is 5.65 Å². The van der Waals surface area contributed by atoms with E-state index in [0.29, 0.717) is 34.7 Å². The molecule has 2 aromatic carbocycles. The van der Waals surface area contributed by atoms with Crippen LogP contribution in [0.1, 0.15) is 18.4 Å².